The average molecular weight is 444 g/mol. The largest absolute Gasteiger partial charge is 0.507 e. The molecule has 2 heterocycles. The normalized spacial score (nSPS) is 17.5. The van der Waals surface area contributed by atoms with Gasteiger partial charge in [0, 0.05) is 60.6 Å². The predicted octanol–water partition coefficient (Wildman–Crippen LogP) is 2.92. The monoisotopic (exact) mass is 443 g/mol. The number of aryl methyl sites for hydroxylation is 1. The summed E-state index contributed by atoms with van der Waals surface area (Å²) in [5, 5.41) is 16.3. The van der Waals surface area contributed by atoms with Gasteiger partial charge >= 0.3 is 0 Å². The van der Waals surface area contributed by atoms with Crippen LogP contribution in [0, 0.1) is 12.8 Å². The van der Waals surface area contributed by atoms with Crippen LogP contribution >= 0.6 is 0 Å². The van der Waals surface area contributed by atoms with Gasteiger partial charge in [-0.25, -0.2) is 0 Å². The number of nitrogens with zero attached hydrogens (tertiary/aromatic N) is 1. The molecule has 1 aliphatic rings. The van der Waals surface area contributed by atoms with E-state index in [1.165, 1.54) is 0 Å². The van der Waals surface area contributed by atoms with Gasteiger partial charge in [0.15, 0.2) is 11.6 Å². The molecule has 1 aromatic heterocycles. The summed E-state index contributed by atoms with van der Waals surface area (Å²) in [6.45, 7) is 3.07. The molecule has 1 fully saturated rings. The first-order valence-corrected chi connectivity index (χ1v) is 10.8. The van der Waals surface area contributed by atoms with Crippen molar-refractivity contribution in [1.82, 2.24) is 15.6 Å². The molecule has 168 valence electrons. The van der Waals surface area contributed by atoms with Crippen LogP contribution in [0.25, 0.3) is 0 Å². The number of benzene rings is 2. The standard InChI is InChI=1S/C26H25N3O4/c1-16-2-7-21(24(31)12-16)25(32)18-5-3-17(4-6-18)23(30)13-20-14-28-15-22(20)29-26(33)19-8-10-27-11-9-19/h2-12,20,22,28,31H,13-15H2,1H3,(H,29,33)/t20-,22-/m1/s1. The van der Waals surface area contributed by atoms with E-state index in [-0.39, 0.29) is 47.2 Å². The summed E-state index contributed by atoms with van der Waals surface area (Å²) in [6.07, 6.45) is 3.41. The fraction of sp³-hybridized carbons (Fsp3) is 0.231. The average Bonchev–Trinajstić information content (AvgIpc) is 3.25. The van der Waals surface area contributed by atoms with E-state index in [1.54, 1.807) is 67.0 Å². The van der Waals surface area contributed by atoms with Gasteiger partial charge in [0.1, 0.15) is 5.75 Å². The third kappa shape index (κ3) is 5.15. The quantitative estimate of drug-likeness (QED) is 0.485. The van der Waals surface area contributed by atoms with E-state index in [1.807, 2.05) is 6.92 Å². The van der Waals surface area contributed by atoms with E-state index in [9.17, 15) is 19.5 Å². The molecule has 3 aromatic rings. The van der Waals surface area contributed by atoms with Gasteiger partial charge in [-0.3, -0.25) is 19.4 Å². The molecule has 0 aliphatic carbocycles. The van der Waals surface area contributed by atoms with E-state index in [4.69, 9.17) is 0 Å². The van der Waals surface area contributed by atoms with E-state index in [0.717, 1.165) is 5.56 Å². The number of aromatic hydroxyl groups is 1. The molecule has 1 saturated heterocycles. The van der Waals surface area contributed by atoms with Crippen molar-refractivity contribution >= 4 is 17.5 Å². The van der Waals surface area contributed by atoms with Crippen molar-refractivity contribution in [2.45, 2.75) is 19.4 Å². The number of aromatic nitrogens is 1. The number of hydrogen-bond donors (Lipinski definition) is 3. The molecule has 0 radical (unpaired) electrons. The molecule has 33 heavy (non-hydrogen) atoms. The van der Waals surface area contributed by atoms with Gasteiger partial charge in [-0.05, 0) is 36.8 Å². The Morgan fingerprint density at radius 2 is 1.67 bits per heavy atom. The summed E-state index contributed by atoms with van der Waals surface area (Å²) in [5.74, 6) is -0.636. The first-order chi connectivity index (χ1) is 15.9. The molecule has 7 heteroatoms. The maximum atomic E-state index is 12.9. The first-order valence-electron chi connectivity index (χ1n) is 10.8. The van der Waals surface area contributed by atoms with Crippen LogP contribution in [-0.2, 0) is 0 Å². The van der Waals surface area contributed by atoms with Gasteiger partial charge in [0.05, 0.1) is 5.56 Å². The van der Waals surface area contributed by atoms with Crippen molar-refractivity contribution in [2.24, 2.45) is 5.92 Å². The number of nitrogens with one attached hydrogen (secondary N) is 2. The van der Waals surface area contributed by atoms with Gasteiger partial charge in [-0.1, -0.05) is 30.3 Å². The van der Waals surface area contributed by atoms with Crippen LogP contribution in [0.3, 0.4) is 0 Å². The molecule has 0 saturated carbocycles. The number of carbonyl (C=O) groups is 3. The van der Waals surface area contributed by atoms with Gasteiger partial charge in [-0.2, -0.15) is 0 Å². The zero-order chi connectivity index (χ0) is 23.4. The highest BCUT2D eigenvalue weighted by Gasteiger charge is 2.30. The highest BCUT2D eigenvalue weighted by molar-refractivity contribution is 6.11. The smallest absolute Gasteiger partial charge is 0.251 e. The van der Waals surface area contributed by atoms with Crippen LogP contribution in [0.15, 0.2) is 67.0 Å². The summed E-state index contributed by atoms with van der Waals surface area (Å²) in [6, 6.07) is 14.5. The van der Waals surface area contributed by atoms with Crippen LogP contribution in [0.4, 0.5) is 0 Å². The Kier molecular flexibility index (Phi) is 6.60. The Balaban J connectivity index is 1.40. The van der Waals surface area contributed by atoms with Crippen molar-refractivity contribution in [2.75, 3.05) is 13.1 Å². The van der Waals surface area contributed by atoms with Crippen molar-refractivity contribution in [3.05, 3.63) is 94.8 Å². The lowest BCUT2D eigenvalue weighted by Crippen LogP contribution is -2.41. The topological polar surface area (TPSA) is 108 Å². The maximum absolute atomic E-state index is 12.9. The lowest BCUT2D eigenvalue weighted by Gasteiger charge is -2.19. The minimum absolute atomic E-state index is 0.0332. The van der Waals surface area contributed by atoms with Gasteiger partial charge in [0.2, 0.25) is 0 Å². The third-order valence-electron chi connectivity index (χ3n) is 5.91. The lowest BCUT2D eigenvalue weighted by molar-refractivity contribution is 0.0902. The zero-order valence-corrected chi connectivity index (χ0v) is 18.2. The van der Waals surface area contributed by atoms with Crippen LogP contribution < -0.4 is 10.6 Å². The number of carbonyl (C=O) groups excluding carboxylic acids is 3. The fourth-order valence-corrected chi connectivity index (χ4v) is 4.02. The Bertz CT molecular complexity index is 1180. The van der Waals surface area contributed by atoms with Crippen LogP contribution in [0.2, 0.25) is 0 Å². The number of phenolic OH excluding ortho intramolecular Hbond substituents is 1. The molecule has 1 aliphatic heterocycles. The summed E-state index contributed by atoms with van der Waals surface area (Å²) in [4.78, 5) is 42.0. The van der Waals surface area contributed by atoms with Crippen LogP contribution in [0.1, 0.15) is 48.6 Å². The van der Waals surface area contributed by atoms with Crippen LogP contribution in [0.5, 0.6) is 5.75 Å². The number of hydrogen-bond acceptors (Lipinski definition) is 6. The molecular formula is C26H25N3O4. The van der Waals surface area contributed by atoms with Crippen molar-refractivity contribution < 1.29 is 19.5 Å². The minimum atomic E-state index is -0.301. The summed E-state index contributed by atoms with van der Waals surface area (Å²) in [5.41, 5.74) is 2.52. The Labute approximate surface area is 191 Å². The number of phenols is 1. The Morgan fingerprint density at radius 1 is 0.970 bits per heavy atom. The number of ketones is 2. The highest BCUT2D eigenvalue weighted by atomic mass is 16.3. The Morgan fingerprint density at radius 3 is 2.36 bits per heavy atom. The molecule has 0 spiro atoms. The molecule has 2 aromatic carbocycles. The SMILES string of the molecule is Cc1ccc(C(=O)c2ccc(C(=O)C[C@@H]3CNC[C@H]3NC(=O)c3ccncc3)cc2)c(O)c1. The molecule has 0 bridgehead atoms. The number of rotatable bonds is 7. The summed E-state index contributed by atoms with van der Waals surface area (Å²) < 4.78 is 0. The van der Waals surface area contributed by atoms with E-state index >= 15 is 0 Å². The molecular weight excluding hydrogens is 418 g/mol. The van der Waals surface area contributed by atoms with Gasteiger partial charge in [-0.15, -0.1) is 0 Å². The second-order valence-corrected chi connectivity index (χ2v) is 8.29. The van der Waals surface area contributed by atoms with E-state index in [2.05, 4.69) is 15.6 Å². The zero-order valence-electron chi connectivity index (χ0n) is 18.2. The first kappa shape index (κ1) is 22.4. The molecule has 4 rings (SSSR count). The number of amides is 1. The third-order valence-corrected chi connectivity index (χ3v) is 5.91. The fourth-order valence-electron chi connectivity index (χ4n) is 4.02. The van der Waals surface area contributed by atoms with E-state index < -0.39 is 0 Å². The van der Waals surface area contributed by atoms with Crippen molar-refractivity contribution in [3.8, 4) is 5.75 Å². The molecule has 3 N–H and O–H groups in total. The van der Waals surface area contributed by atoms with Gasteiger partial charge < -0.3 is 15.7 Å². The van der Waals surface area contributed by atoms with E-state index in [0.29, 0.717) is 29.8 Å². The lowest BCUT2D eigenvalue weighted by atomic mass is 9.93. The second-order valence-electron chi connectivity index (χ2n) is 8.29. The predicted molar refractivity (Wildman–Crippen MR) is 124 cm³/mol. The number of pyridine rings is 1. The summed E-state index contributed by atoms with van der Waals surface area (Å²) in [7, 11) is 0. The Hall–Kier alpha value is -3.84. The highest BCUT2D eigenvalue weighted by Crippen LogP contribution is 2.23. The van der Waals surface area contributed by atoms with Crippen molar-refractivity contribution in [1.29, 1.82) is 0 Å². The summed E-state index contributed by atoms with van der Waals surface area (Å²) >= 11 is 0. The minimum Gasteiger partial charge on any atom is -0.507 e. The molecule has 0 unspecified atom stereocenters. The number of Topliss-reactive ketones (excluding diaryl/α,β-unsaturated/α-hetero) is 1. The molecule has 2 atom stereocenters. The maximum Gasteiger partial charge on any atom is 0.251 e. The van der Waals surface area contributed by atoms with Crippen molar-refractivity contribution in [3.63, 3.8) is 0 Å². The second kappa shape index (κ2) is 9.75. The van der Waals surface area contributed by atoms with Crippen LogP contribution in [-0.4, -0.2) is 46.7 Å². The molecule has 7 nitrogen and oxygen atoms in total. The van der Waals surface area contributed by atoms with Gasteiger partial charge in [0.25, 0.3) is 5.91 Å². The molecule has 1 amide bonds.